The molecule has 0 spiro atoms. The zero-order valence-corrected chi connectivity index (χ0v) is 13.1. The quantitative estimate of drug-likeness (QED) is 0.822. The van der Waals surface area contributed by atoms with Crippen LogP contribution >= 0.6 is 11.8 Å². The Labute approximate surface area is 135 Å². The number of benzene rings is 1. The summed E-state index contributed by atoms with van der Waals surface area (Å²) >= 11 is 1.65. The fourth-order valence-corrected chi connectivity index (χ4v) is 3.90. The lowest BCUT2D eigenvalue weighted by Crippen LogP contribution is -2.35. The van der Waals surface area contributed by atoms with Crippen LogP contribution in [0.5, 0.6) is 11.5 Å². The number of hydrogen-bond acceptors (Lipinski definition) is 4. The van der Waals surface area contributed by atoms with Gasteiger partial charge in [-0.1, -0.05) is 6.07 Å². The average molecular weight is 347 g/mol. The van der Waals surface area contributed by atoms with Gasteiger partial charge in [0.2, 0.25) is 12.7 Å². The van der Waals surface area contributed by atoms with Gasteiger partial charge in [-0.2, -0.15) is 24.9 Å². The molecule has 8 heteroatoms. The summed E-state index contributed by atoms with van der Waals surface area (Å²) in [5, 5.41) is 0.133. The molecule has 2 heterocycles. The molecule has 0 N–H and O–H groups in total. The van der Waals surface area contributed by atoms with Crippen LogP contribution in [0.4, 0.5) is 13.2 Å². The Bertz CT molecular complexity index is 594. The minimum Gasteiger partial charge on any atom is -0.454 e. The molecule has 0 aromatic heterocycles. The summed E-state index contributed by atoms with van der Waals surface area (Å²) in [4.78, 5) is 13.0. The maximum Gasteiger partial charge on any atom is 0.397 e. The zero-order valence-electron chi connectivity index (χ0n) is 12.3. The van der Waals surface area contributed by atoms with Gasteiger partial charge in [-0.3, -0.25) is 4.79 Å². The van der Waals surface area contributed by atoms with E-state index in [2.05, 4.69) is 0 Å². The highest BCUT2D eigenvalue weighted by Crippen LogP contribution is 2.40. The maximum absolute atomic E-state index is 12.4. The molecule has 1 fully saturated rings. The average Bonchev–Trinajstić information content (AvgIpc) is 2.79. The first-order valence-electron chi connectivity index (χ1n) is 7.28. The van der Waals surface area contributed by atoms with Crippen molar-refractivity contribution in [2.75, 3.05) is 25.6 Å². The minimum atomic E-state index is -4.45. The van der Waals surface area contributed by atoms with Gasteiger partial charge >= 0.3 is 6.18 Å². The Morgan fingerprint density at radius 3 is 2.83 bits per heavy atom. The van der Waals surface area contributed by atoms with Crippen LogP contribution in [0.2, 0.25) is 0 Å². The molecule has 1 aromatic rings. The number of thioether (sulfide) groups is 1. The molecule has 23 heavy (non-hydrogen) atoms. The summed E-state index contributed by atoms with van der Waals surface area (Å²) in [7, 11) is 0. The lowest BCUT2D eigenvalue weighted by molar-refractivity contribution is -0.161. The first-order valence-corrected chi connectivity index (χ1v) is 8.33. The highest BCUT2D eigenvalue weighted by atomic mass is 32.2. The number of alkyl halides is 3. The molecule has 0 bridgehead atoms. The summed E-state index contributed by atoms with van der Waals surface area (Å²) in [5.41, 5.74) is 1.05. The third-order valence-electron chi connectivity index (χ3n) is 3.81. The third kappa shape index (κ3) is 4.04. The highest BCUT2D eigenvalue weighted by molar-refractivity contribution is 7.99. The van der Waals surface area contributed by atoms with Crippen molar-refractivity contribution in [1.82, 2.24) is 4.90 Å². The van der Waals surface area contributed by atoms with E-state index >= 15 is 0 Å². The van der Waals surface area contributed by atoms with E-state index in [1.165, 1.54) is 4.90 Å². The van der Waals surface area contributed by atoms with E-state index in [1.807, 2.05) is 18.2 Å². The molecule has 2 aliphatic rings. The standard InChI is InChI=1S/C15H16F3NO3S/c16-15(17,18)8-14(20)19-4-3-13(23-6-5-19)10-1-2-11-12(7-10)22-9-21-11/h1-2,7,13H,3-6,8-9H2. The SMILES string of the molecule is O=C(CC(F)(F)F)N1CCSC(c2ccc3c(c2)OCO3)CC1. The number of rotatable bonds is 2. The second kappa shape index (κ2) is 6.51. The molecule has 1 amide bonds. The molecule has 1 unspecified atom stereocenters. The van der Waals surface area contributed by atoms with Crippen LogP contribution in [0, 0.1) is 0 Å². The molecule has 2 aliphatic heterocycles. The van der Waals surface area contributed by atoms with E-state index in [-0.39, 0.29) is 12.0 Å². The molecule has 0 saturated carbocycles. The van der Waals surface area contributed by atoms with Crippen molar-refractivity contribution < 1.29 is 27.4 Å². The van der Waals surface area contributed by atoms with Crippen LogP contribution in [0.3, 0.4) is 0 Å². The van der Waals surface area contributed by atoms with Gasteiger partial charge < -0.3 is 14.4 Å². The van der Waals surface area contributed by atoms with Crippen LogP contribution in [-0.4, -0.2) is 42.6 Å². The molecule has 1 saturated heterocycles. The Balaban J connectivity index is 1.63. The summed E-state index contributed by atoms with van der Waals surface area (Å²) in [6.45, 7) is 0.887. The monoisotopic (exact) mass is 347 g/mol. The molecule has 1 atom stereocenters. The normalized spacial score (nSPS) is 21.2. The van der Waals surface area contributed by atoms with E-state index in [0.717, 1.165) is 5.56 Å². The molecule has 3 rings (SSSR count). The van der Waals surface area contributed by atoms with Crippen molar-refractivity contribution in [3.8, 4) is 11.5 Å². The molecule has 126 valence electrons. The van der Waals surface area contributed by atoms with Gasteiger partial charge in [-0.25, -0.2) is 0 Å². The second-order valence-corrected chi connectivity index (χ2v) is 6.74. The van der Waals surface area contributed by atoms with Gasteiger partial charge in [-0.05, 0) is 24.1 Å². The lowest BCUT2D eigenvalue weighted by Gasteiger charge is -2.21. The summed E-state index contributed by atoms with van der Waals surface area (Å²) in [6, 6.07) is 5.70. The fraction of sp³-hybridized carbons (Fsp3) is 0.533. The Kier molecular flexibility index (Phi) is 4.61. The van der Waals surface area contributed by atoms with Crippen LogP contribution < -0.4 is 9.47 Å². The molecule has 0 aliphatic carbocycles. The lowest BCUT2D eigenvalue weighted by atomic mass is 10.1. The first kappa shape index (κ1) is 16.3. The maximum atomic E-state index is 12.4. The number of fused-ring (bicyclic) bond motifs is 1. The second-order valence-electron chi connectivity index (χ2n) is 5.43. The van der Waals surface area contributed by atoms with Gasteiger partial charge in [0.05, 0.1) is 0 Å². The number of ether oxygens (including phenoxy) is 2. The van der Waals surface area contributed by atoms with Crippen molar-refractivity contribution in [3.63, 3.8) is 0 Å². The number of hydrogen-bond donors (Lipinski definition) is 0. The molecule has 4 nitrogen and oxygen atoms in total. The van der Waals surface area contributed by atoms with E-state index in [1.54, 1.807) is 11.8 Å². The number of halogens is 3. The largest absolute Gasteiger partial charge is 0.454 e. The van der Waals surface area contributed by atoms with Gasteiger partial charge in [0.1, 0.15) is 6.42 Å². The van der Waals surface area contributed by atoms with Crippen LogP contribution in [0.1, 0.15) is 23.7 Å². The Hall–Kier alpha value is -1.57. The van der Waals surface area contributed by atoms with E-state index in [0.29, 0.717) is 36.8 Å². The Morgan fingerprint density at radius 1 is 1.26 bits per heavy atom. The Morgan fingerprint density at radius 2 is 2.04 bits per heavy atom. The van der Waals surface area contributed by atoms with E-state index < -0.39 is 18.5 Å². The predicted molar refractivity (Wildman–Crippen MR) is 79.6 cm³/mol. The molecular formula is C15H16F3NO3S. The molecule has 0 radical (unpaired) electrons. The van der Waals surface area contributed by atoms with Crippen molar-refractivity contribution in [2.24, 2.45) is 0 Å². The highest BCUT2D eigenvalue weighted by Gasteiger charge is 2.34. The van der Waals surface area contributed by atoms with Crippen molar-refractivity contribution >= 4 is 17.7 Å². The van der Waals surface area contributed by atoms with Crippen LogP contribution in [0.15, 0.2) is 18.2 Å². The van der Waals surface area contributed by atoms with Gasteiger partial charge in [0, 0.05) is 24.1 Å². The molecule has 1 aromatic carbocycles. The van der Waals surface area contributed by atoms with E-state index in [9.17, 15) is 18.0 Å². The first-order chi connectivity index (χ1) is 10.9. The molecular weight excluding hydrogens is 331 g/mol. The summed E-state index contributed by atoms with van der Waals surface area (Å²) in [6.07, 6.45) is -5.21. The number of carbonyl (C=O) groups excluding carboxylic acids is 1. The fourth-order valence-electron chi connectivity index (χ4n) is 2.68. The van der Waals surface area contributed by atoms with Crippen molar-refractivity contribution in [1.29, 1.82) is 0 Å². The number of amides is 1. The summed E-state index contributed by atoms with van der Waals surface area (Å²) in [5.74, 6) is 1.17. The topological polar surface area (TPSA) is 38.8 Å². The van der Waals surface area contributed by atoms with Gasteiger partial charge in [0.25, 0.3) is 0 Å². The predicted octanol–water partition coefficient (Wildman–Crippen LogP) is 3.37. The third-order valence-corrected chi connectivity index (χ3v) is 5.14. The van der Waals surface area contributed by atoms with Crippen molar-refractivity contribution in [3.05, 3.63) is 23.8 Å². The smallest absolute Gasteiger partial charge is 0.397 e. The summed E-state index contributed by atoms with van der Waals surface area (Å²) < 4.78 is 47.7. The van der Waals surface area contributed by atoms with Crippen LogP contribution in [-0.2, 0) is 4.79 Å². The van der Waals surface area contributed by atoms with Crippen LogP contribution in [0.25, 0.3) is 0 Å². The number of nitrogens with zero attached hydrogens (tertiary/aromatic N) is 1. The van der Waals surface area contributed by atoms with Crippen molar-refractivity contribution in [2.45, 2.75) is 24.3 Å². The minimum absolute atomic E-state index is 0.133. The van der Waals surface area contributed by atoms with E-state index in [4.69, 9.17) is 9.47 Å². The number of carbonyl (C=O) groups is 1. The van der Waals surface area contributed by atoms with Gasteiger partial charge in [0.15, 0.2) is 11.5 Å². The van der Waals surface area contributed by atoms with Gasteiger partial charge in [-0.15, -0.1) is 0 Å². The zero-order chi connectivity index (χ0) is 16.4.